The van der Waals surface area contributed by atoms with E-state index in [1.165, 1.54) is 21.3 Å². The van der Waals surface area contributed by atoms with Crippen LogP contribution < -0.4 is 33.2 Å². The van der Waals surface area contributed by atoms with Gasteiger partial charge >= 0.3 is 5.97 Å². The topological polar surface area (TPSA) is 90.9 Å². The number of carbonyl (C=O) groups is 1. The highest BCUT2D eigenvalue weighted by Gasteiger charge is 2.37. The fourth-order valence-corrected chi connectivity index (χ4v) is 4.31. The molecule has 1 aliphatic heterocycles. The van der Waals surface area contributed by atoms with E-state index < -0.39 is 18.2 Å². The molecule has 37 heavy (non-hydrogen) atoms. The Kier molecular flexibility index (Phi) is 7.81. The minimum atomic E-state index is -0.702. The van der Waals surface area contributed by atoms with Crippen LogP contribution in [0.15, 0.2) is 48.5 Å². The van der Waals surface area contributed by atoms with Gasteiger partial charge in [-0.15, -0.1) is 0 Å². The van der Waals surface area contributed by atoms with Gasteiger partial charge in [-0.1, -0.05) is 0 Å². The lowest BCUT2D eigenvalue weighted by molar-refractivity contribution is -0.0188. The first-order valence-corrected chi connectivity index (χ1v) is 11.5. The molecule has 3 aromatic carbocycles. The maximum Gasteiger partial charge on any atom is 0.338 e. The van der Waals surface area contributed by atoms with Gasteiger partial charge in [-0.05, 0) is 36.4 Å². The van der Waals surface area contributed by atoms with Crippen LogP contribution in [0.5, 0.6) is 40.2 Å². The summed E-state index contributed by atoms with van der Waals surface area (Å²) in [5.41, 5.74) is 1.82. The predicted octanol–water partition coefficient (Wildman–Crippen LogP) is 4.64. The summed E-state index contributed by atoms with van der Waals surface area (Å²) in [4.78, 5) is 13.2. The van der Waals surface area contributed by atoms with Crippen LogP contribution >= 0.6 is 0 Å². The minimum absolute atomic E-state index is 0.339. The van der Waals surface area contributed by atoms with Gasteiger partial charge in [-0.3, -0.25) is 0 Å². The van der Waals surface area contributed by atoms with E-state index in [1.54, 1.807) is 69.9 Å². The second kappa shape index (κ2) is 11.2. The van der Waals surface area contributed by atoms with Gasteiger partial charge in [0.15, 0.2) is 17.6 Å². The first-order valence-electron chi connectivity index (χ1n) is 11.5. The first kappa shape index (κ1) is 25.8. The average Bonchev–Trinajstić information content (AvgIpc) is 2.95. The van der Waals surface area contributed by atoms with Crippen LogP contribution in [-0.4, -0.2) is 54.7 Å². The van der Waals surface area contributed by atoms with Crippen molar-refractivity contribution in [2.24, 2.45) is 0 Å². The predicted molar refractivity (Wildman–Crippen MR) is 135 cm³/mol. The highest BCUT2D eigenvalue weighted by atomic mass is 16.6. The summed E-state index contributed by atoms with van der Waals surface area (Å²) in [5, 5.41) is 0. The molecule has 0 bridgehead atoms. The van der Waals surface area contributed by atoms with E-state index >= 15 is 0 Å². The molecular weight excluding hydrogens is 480 g/mol. The van der Waals surface area contributed by atoms with Crippen molar-refractivity contribution in [1.82, 2.24) is 0 Å². The van der Waals surface area contributed by atoms with Gasteiger partial charge in [-0.2, -0.15) is 0 Å². The molecule has 2 atom stereocenters. The number of methoxy groups -OCH3 is 6. The smallest absolute Gasteiger partial charge is 0.338 e. The maximum absolute atomic E-state index is 13.2. The van der Waals surface area contributed by atoms with Crippen molar-refractivity contribution in [2.75, 3.05) is 42.7 Å². The molecule has 0 fully saturated rings. The Morgan fingerprint density at radius 3 is 1.89 bits per heavy atom. The summed E-state index contributed by atoms with van der Waals surface area (Å²) in [6.45, 7) is 0. The average molecular weight is 511 g/mol. The summed E-state index contributed by atoms with van der Waals surface area (Å²) in [5.74, 6) is 3.21. The third-order valence-electron chi connectivity index (χ3n) is 6.19. The molecule has 0 unspecified atom stereocenters. The Morgan fingerprint density at radius 2 is 1.35 bits per heavy atom. The van der Waals surface area contributed by atoms with Crippen molar-refractivity contribution in [3.63, 3.8) is 0 Å². The molecule has 1 heterocycles. The van der Waals surface area contributed by atoms with Crippen LogP contribution in [0.4, 0.5) is 0 Å². The molecule has 1 aliphatic rings. The van der Waals surface area contributed by atoms with Gasteiger partial charge in [0.25, 0.3) is 0 Å². The lowest BCUT2D eigenvalue weighted by Gasteiger charge is -2.34. The van der Waals surface area contributed by atoms with Crippen molar-refractivity contribution in [1.29, 1.82) is 0 Å². The molecule has 0 spiro atoms. The first-order chi connectivity index (χ1) is 18.0. The largest absolute Gasteiger partial charge is 0.497 e. The SMILES string of the molecule is COc1ccc(C(=O)O[C@H]2Cc3c(OC)cc(OC)cc3O[C@@H]2c2cc(OC)c(OC)c(OC)c2)cc1. The zero-order valence-electron chi connectivity index (χ0n) is 21.7. The molecule has 0 aliphatic carbocycles. The fourth-order valence-electron chi connectivity index (χ4n) is 4.31. The van der Waals surface area contributed by atoms with Crippen molar-refractivity contribution >= 4 is 5.97 Å². The van der Waals surface area contributed by atoms with Crippen molar-refractivity contribution in [3.05, 3.63) is 65.2 Å². The Hall–Kier alpha value is -4.27. The van der Waals surface area contributed by atoms with E-state index in [4.69, 9.17) is 37.9 Å². The number of esters is 1. The summed E-state index contributed by atoms with van der Waals surface area (Å²) < 4.78 is 45.2. The molecule has 9 heteroatoms. The summed E-state index contributed by atoms with van der Waals surface area (Å²) in [7, 11) is 9.31. The number of carbonyl (C=O) groups excluding carboxylic acids is 1. The molecule has 196 valence electrons. The monoisotopic (exact) mass is 510 g/mol. The quantitative estimate of drug-likeness (QED) is 0.382. The number of benzene rings is 3. The number of rotatable bonds is 9. The summed E-state index contributed by atoms with van der Waals surface area (Å²) in [6.07, 6.45) is -1.06. The van der Waals surface area contributed by atoms with Crippen molar-refractivity contribution in [3.8, 4) is 40.2 Å². The molecule has 3 aromatic rings. The van der Waals surface area contributed by atoms with Gasteiger partial charge in [0, 0.05) is 29.7 Å². The lowest BCUT2D eigenvalue weighted by Crippen LogP contribution is -2.35. The Labute approximate surface area is 215 Å². The zero-order valence-corrected chi connectivity index (χ0v) is 21.7. The maximum atomic E-state index is 13.2. The molecule has 0 saturated carbocycles. The van der Waals surface area contributed by atoms with Crippen LogP contribution in [0, 0.1) is 0 Å². The molecule has 0 aromatic heterocycles. The molecule has 0 radical (unpaired) electrons. The van der Waals surface area contributed by atoms with E-state index in [0.29, 0.717) is 57.8 Å². The van der Waals surface area contributed by atoms with Crippen LogP contribution in [0.1, 0.15) is 27.6 Å². The van der Waals surface area contributed by atoms with Crippen LogP contribution in [0.2, 0.25) is 0 Å². The summed E-state index contributed by atoms with van der Waals surface area (Å²) >= 11 is 0. The van der Waals surface area contributed by atoms with Crippen LogP contribution in [0.3, 0.4) is 0 Å². The Bertz CT molecular complexity index is 1230. The molecule has 4 rings (SSSR count). The molecule has 0 saturated heterocycles. The van der Waals surface area contributed by atoms with Crippen LogP contribution in [-0.2, 0) is 11.2 Å². The van der Waals surface area contributed by atoms with E-state index in [9.17, 15) is 4.79 Å². The molecule has 0 N–H and O–H groups in total. The number of hydrogen-bond donors (Lipinski definition) is 0. The third kappa shape index (κ3) is 5.16. The van der Waals surface area contributed by atoms with E-state index in [2.05, 4.69) is 0 Å². The van der Waals surface area contributed by atoms with E-state index in [-0.39, 0.29) is 0 Å². The molecular formula is C28H30O9. The lowest BCUT2D eigenvalue weighted by atomic mass is 9.93. The van der Waals surface area contributed by atoms with Gasteiger partial charge < -0.3 is 37.9 Å². The fraction of sp³-hybridized carbons (Fsp3) is 0.321. The molecule has 9 nitrogen and oxygen atoms in total. The highest BCUT2D eigenvalue weighted by Crippen LogP contribution is 2.46. The number of ether oxygens (including phenoxy) is 8. The Balaban J connectivity index is 1.78. The molecule has 0 amide bonds. The van der Waals surface area contributed by atoms with E-state index in [1.807, 2.05) is 0 Å². The van der Waals surface area contributed by atoms with Crippen molar-refractivity contribution in [2.45, 2.75) is 18.6 Å². The second-order valence-corrected chi connectivity index (χ2v) is 8.18. The van der Waals surface area contributed by atoms with Crippen LogP contribution in [0.25, 0.3) is 0 Å². The summed E-state index contributed by atoms with van der Waals surface area (Å²) in [6, 6.07) is 13.8. The van der Waals surface area contributed by atoms with E-state index in [0.717, 1.165) is 5.56 Å². The zero-order chi connectivity index (χ0) is 26.5. The second-order valence-electron chi connectivity index (χ2n) is 8.18. The number of hydrogen-bond acceptors (Lipinski definition) is 9. The van der Waals surface area contributed by atoms with Gasteiger partial charge in [0.05, 0.1) is 48.2 Å². The standard InChI is InChI=1S/C28H30O9/c1-30-18-9-7-16(8-10-18)28(29)37-25-15-20-21(32-3)13-19(31-2)14-22(20)36-26(25)17-11-23(33-4)27(35-6)24(12-17)34-5/h7-14,25-26H,15H2,1-6H3/t25-,26+/m0/s1. The van der Waals surface area contributed by atoms with Gasteiger partial charge in [-0.25, -0.2) is 4.79 Å². The minimum Gasteiger partial charge on any atom is -0.497 e. The normalized spacial score (nSPS) is 16.1. The highest BCUT2D eigenvalue weighted by molar-refractivity contribution is 5.89. The van der Waals surface area contributed by atoms with Crippen molar-refractivity contribution < 1.29 is 42.7 Å². The third-order valence-corrected chi connectivity index (χ3v) is 6.19. The number of fused-ring (bicyclic) bond motifs is 1. The van der Waals surface area contributed by atoms with Gasteiger partial charge in [0.2, 0.25) is 5.75 Å². The Morgan fingerprint density at radius 1 is 0.730 bits per heavy atom. The van der Waals surface area contributed by atoms with Gasteiger partial charge in [0.1, 0.15) is 29.1 Å².